The first-order valence-electron chi connectivity index (χ1n) is 13.3. The average molecular weight is 508 g/mol. The molecule has 1 aromatic heterocycles. The number of rotatable bonds is 12. The molecule has 37 heavy (non-hydrogen) atoms. The summed E-state index contributed by atoms with van der Waals surface area (Å²) in [6.07, 6.45) is 10.3. The molecule has 0 saturated heterocycles. The Labute approximate surface area is 217 Å². The summed E-state index contributed by atoms with van der Waals surface area (Å²) in [6, 6.07) is 9.66. The SMILES string of the molecule is O=C(O)CC1(CC(=O)NC2(C(=O)NCCCCNc3ncccn3)Cc3ccccc3C2)CCCCC1. The number of unbranched alkanes of at least 4 members (excludes halogenated alkanes) is 1. The quantitative estimate of drug-likeness (QED) is 0.324. The van der Waals surface area contributed by atoms with Gasteiger partial charge in [0.05, 0.1) is 6.42 Å². The van der Waals surface area contributed by atoms with Gasteiger partial charge in [-0.25, -0.2) is 9.97 Å². The maximum absolute atomic E-state index is 13.5. The van der Waals surface area contributed by atoms with Crippen LogP contribution in [0.15, 0.2) is 42.7 Å². The molecule has 1 aromatic carbocycles. The van der Waals surface area contributed by atoms with Crippen molar-refractivity contribution in [2.45, 2.75) is 76.2 Å². The third-order valence-corrected chi connectivity index (χ3v) is 7.63. The molecule has 2 aliphatic carbocycles. The average Bonchev–Trinajstić information content (AvgIpc) is 3.25. The van der Waals surface area contributed by atoms with Gasteiger partial charge in [-0.3, -0.25) is 14.4 Å². The Hall–Kier alpha value is -3.49. The first-order chi connectivity index (χ1) is 17.9. The molecule has 9 nitrogen and oxygen atoms in total. The van der Waals surface area contributed by atoms with E-state index in [9.17, 15) is 19.5 Å². The standard InChI is InChI=1S/C28H37N5O4/c34-23(19-27(20-24(35)36)11-4-1-5-12-27)33-28(17-21-9-2-3-10-22(21)18-28)25(37)29-13-6-7-14-30-26-31-15-8-16-32-26/h2-3,8-10,15-16H,1,4-7,11-14,17-20H2,(H,29,37)(H,33,34)(H,35,36)(H,30,31,32). The zero-order valence-electron chi connectivity index (χ0n) is 21.3. The Morgan fingerprint density at radius 3 is 2.16 bits per heavy atom. The van der Waals surface area contributed by atoms with Crippen molar-refractivity contribution in [3.8, 4) is 0 Å². The molecule has 1 heterocycles. The molecule has 2 aromatic rings. The minimum absolute atomic E-state index is 0.0120. The lowest BCUT2D eigenvalue weighted by molar-refractivity contribution is -0.142. The van der Waals surface area contributed by atoms with Crippen LogP contribution in [0.2, 0.25) is 0 Å². The van der Waals surface area contributed by atoms with Crippen LogP contribution in [0.3, 0.4) is 0 Å². The van der Waals surface area contributed by atoms with E-state index in [4.69, 9.17) is 0 Å². The van der Waals surface area contributed by atoms with E-state index in [0.29, 0.717) is 31.9 Å². The molecule has 4 N–H and O–H groups in total. The largest absolute Gasteiger partial charge is 0.481 e. The van der Waals surface area contributed by atoms with Gasteiger partial charge in [-0.2, -0.15) is 0 Å². The second-order valence-electron chi connectivity index (χ2n) is 10.5. The molecule has 0 unspecified atom stereocenters. The molecule has 1 fully saturated rings. The van der Waals surface area contributed by atoms with Gasteiger partial charge in [0.2, 0.25) is 17.8 Å². The fourth-order valence-electron chi connectivity index (χ4n) is 5.82. The molecule has 4 rings (SSSR count). The Bertz CT molecular complexity index is 1060. The molecule has 0 spiro atoms. The number of nitrogens with zero attached hydrogens (tertiary/aromatic N) is 2. The van der Waals surface area contributed by atoms with E-state index in [-0.39, 0.29) is 24.7 Å². The minimum Gasteiger partial charge on any atom is -0.481 e. The number of anilines is 1. The number of hydrogen-bond acceptors (Lipinski definition) is 6. The predicted molar refractivity (Wildman–Crippen MR) is 140 cm³/mol. The summed E-state index contributed by atoms with van der Waals surface area (Å²) in [5.74, 6) is -0.718. The van der Waals surface area contributed by atoms with Gasteiger partial charge in [-0.15, -0.1) is 0 Å². The number of nitrogens with one attached hydrogen (secondary N) is 3. The Balaban J connectivity index is 1.36. The van der Waals surface area contributed by atoms with E-state index in [1.807, 2.05) is 24.3 Å². The summed E-state index contributed by atoms with van der Waals surface area (Å²) < 4.78 is 0. The van der Waals surface area contributed by atoms with Crippen LogP contribution in [-0.2, 0) is 27.2 Å². The number of carbonyl (C=O) groups excluding carboxylic acids is 2. The van der Waals surface area contributed by atoms with E-state index in [1.165, 1.54) is 0 Å². The molecule has 0 aliphatic heterocycles. The van der Waals surface area contributed by atoms with Gasteiger partial charge >= 0.3 is 5.97 Å². The van der Waals surface area contributed by atoms with Crippen LogP contribution in [0.1, 0.15) is 68.9 Å². The van der Waals surface area contributed by atoms with Crippen molar-refractivity contribution in [1.82, 2.24) is 20.6 Å². The summed E-state index contributed by atoms with van der Waals surface area (Å²) in [5.41, 5.74) is 0.522. The molecule has 9 heteroatoms. The molecular formula is C28H37N5O4. The lowest BCUT2D eigenvalue weighted by atomic mass is 9.69. The molecule has 1 saturated carbocycles. The van der Waals surface area contributed by atoms with Crippen LogP contribution in [0.4, 0.5) is 5.95 Å². The van der Waals surface area contributed by atoms with Gasteiger partial charge in [0, 0.05) is 44.7 Å². The monoisotopic (exact) mass is 507 g/mol. The number of carboxylic acid groups (broad SMARTS) is 1. The van der Waals surface area contributed by atoms with Crippen molar-refractivity contribution < 1.29 is 19.5 Å². The third kappa shape index (κ3) is 7.05. The number of aromatic nitrogens is 2. The van der Waals surface area contributed by atoms with Crippen LogP contribution < -0.4 is 16.0 Å². The highest BCUT2D eigenvalue weighted by atomic mass is 16.4. The molecular weight excluding hydrogens is 470 g/mol. The van der Waals surface area contributed by atoms with Gasteiger partial charge in [-0.05, 0) is 48.3 Å². The Morgan fingerprint density at radius 1 is 0.865 bits per heavy atom. The van der Waals surface area contributed by atoms with Gasteiger partial charge in [0.1, 0.15) is 5.54 Å². The van der Waals surface area contributed by atoms with Crippen molar-refractivity contribution in [2.75, 3.05) is 18.4 Å². The summed E-state index contributed by atoms with van der Waals surface area (Å²) in [5, 5.41) is 18.8. The maximum atomic E-state index is 13.5. The number of carbonyl (C=O) groups is 3. The normalized spacial score (nSPS) is 17.4. The van der Waals surface area contributed by atoms with E-state index in [1.54, 1.807) is 18.5 Å². The topological polar surface area (TPSA) is 133 Å². The Morgan fingerprint density at radius 2 is 1.51 bits per heavy atom. The zero-order chi connectivity index (χ0) is 26.1. The minimum atomic E-state index is -1.06. The smallest absolute Gasteiger partial charge is 0.303 e. The summed E-state index contributed by atoms with van der Waals surface area (Å²) in [4.78, 5) is 46.7. The zero-order valence-corrected chi connectivity index (χ0v) is 21.3. The predicted octanol–water partition coefficient (Wildman–Crippen LogP) is 3.25. The Kier molecular flexibility index (Phi) is 8.74. The number of hydrogen-bond donors (Lipinski definition) is 4. The highest BCUT2D eigenvalue weighted by Gasteiger charge is 2.46. The van der Waals surface area contributed by atoms with Gasteiger partial charge < -0.3 is 21.1 Å². The molecule has 0 bridgehead atoms. The number of carboxylic acids is 1. The molecule has 2 amide bonds. The molecule has 0 atom stereocenters. The first-order valence-corrected chi connectivity index (χ1v) is 13.3. The summed E-state index contributed by atoms with van der Waals surface area (Å²) in [6.45, 7) is 1.19. The first kappa shape index (κ1) is 26.6. The van der Waals surface area contributed by atoms with Crippen molar-refractivity contribution in [3.63, 3.8) is 0 Å². The van der Waals surface area contributed by atoms with Crippen molar-refractivity contribution in [1.29, 1.82) is 0 Å². The molecule has 198 valence electrons. The number of amides is 2. The van der Waals surface area contributed by atoms with Crippen molar-refractivity contribution in [2.24, 2.45) is 5.41 Å². The number of fused-ring (bicyclic) bond motifs is 1. The van der Waals surface area contributed by atoms with Gasteiger partial charge in [-0.1, -0.05) is 43.5 Å². The lowest BCUT2D eigenvalue weighted by Gasteiger charge is -2.37. The van der Waals surface area contributed by atoms with Crippen LogP contribution >= 0.6 is 0 Å². The van der Waals surface area contributed by atoms with Crippen LogP contribution in [0.25, 0.3) is 0 Å². The molecule has 2 aliphatic rings. The van der Waals surface area contributed by atoms with E-state index >= 15 is 0 Å². The third-order valence-electron chi connectivity index (χ3n) is 7.63. The summed E-state index contributed by atoms with van der Waals surface area (Å²) in [7, 11) is 0. The maximum Gasteiger partial charge on any atom is 0.303 e. The highest BCUT2D eigenvalue weighted by molar-refractivity contribution is 5.93. The van der Waals surface area contributed by atoms with E-state index in [2.05, 4.69) is 25.9 Å². The molecule has 0 radical (unpaired) electrons. The lowest BCUT2D eigenvalue weighted by Crippen LogP contribution is -2.60. The second-order valence-corrected chi connectivity index (χ2v) is 10.5. The second kappa shape index (κ2) is 12.2. The van der Waals surface area contributed by atoms with Gasteiger partial charge in [0.15, 0.2) is 0 Å². The van der Waals surface area contributed by atoms with Crippen molar-refractivity contribution in [3.05, 3.63) is 53.9 Å². The number of aliphatic carboxylic acids is 1. The highest BCUT2D eigenvalue weighted by Crippen LogP contribution is 2.42. The van der Waals surface area contributed by atoms with Crippen LogP contribution in [0, 0.1) is 5.41 Å². The van der Waals surface area contributed by atoms with Crippen molar-refractivity contribution >= 4 is 23.7 Å². The van der Waals surface area contributed by atoms with Crippen LogP contribution in [0.5, 0.6) is 0 Å². The van der Waals surface area contributed by atoms with E-state index in [0.717, 1.165) is 56.1 Å². The summed E-state index contributed by atoms with van der Waals surface area (Å²) >= 11 is 0. The van der Waals surface area contributed by atoms with Crippen LogP contribution in [-0.4, -0.2) is 51.5 Å². The fourth-order valence-corrected chi connectivity index (χ4v) is 5.82. The van der Waals surface area contributed by atoms with Gasteiger partial charge in [0.25, 0.3) is 0 Å². The van der Waals surface area contributed by atoms with E-state index < -0.39 is 16.9 Å². The number of benzene rings is 1. The fraction of sp³-hybridized carbons (Fsp3) is 0.536.